The lowest BCUT2D eigenvalue weighted by molar-refractivity contribution is 0.0534. The van der Waals surface area contributed by atoms with Gasteiger partial charge >= 0.3 is 11.4 Å². The predicted octanol–water partition coefficient (Wildman–Crippen LogP) is 3.08. The highest BCUT2D eigenvalue weighted by atomic mass is 16.5. The fourth-order valence-corrected chi connectivity index (χ4v) is 4.04. The van der Waals surface area contributed by atoms with Crippen molar-refractivity contribution in [2.45, 2.75) is 40.0 Å². The van der Waals surface area contributed by atoms with Crippen molar-refractivity contribution in [1.82, 2.24) is 9.72 Å². The second-order valence-corrected chi connectivity index (χ2v) is 8.95. The highest BCUT2D eigenvalue weighted by Crippen LogP contribution is 2.33. The maximum atomic E-state index is 11.6. The van der Waals surface area contributed by atoms with Gasteiger partial charge in [-0.15, -0.1) is 4.74 Å². The summed E-state index contributed by atoms with van der Waals surface area (Å²) < 4.78 is 17.5. The Labute approximate surface area is 213 Å². The van der Waals surface area contributed by atoms with Crippen molar-refractivity contribution in [3.63, 3.8) is 0 Å². The van der Waals surface area contributed by atoms with E-state index in [1.807, 2.05) is 56.3 Å². The van der Waals surface area contributed by atoms with Crippen LogP contribution in [-0.2, 0) is 13.2 Å². The number of nitrogens with zero attached hydrogens (tertiary/aromatic N) is 1. The molecule has 1 atom stereocenters. The van der Waals surface area contributed by atoms with Crippen LogP contribution in [-0.4, -0.2) is 39.3 Å². The van der Waals surface area contributed by atoms with E-state index in [1.54, 1.807) is 0 Å². The first-order valence-corrected chi connectivity index (χ1v) is 11.9. The van der Waals surface area contributed by atoms with Crippen molar-refractivity contribution in [2.75, 3.05) is 13.2 Å². The molecule has 0 aliphatic heterocycles. The molecule has 1 aromatic heterocycles. The lowest BCUT2D eigenvalue weighted by Gasteiger charge is -2.18. The number of benzene rings is 3. The number of rotatable bonds is 10. The van der Waals surface area contributed by atoms with Crippen LogP contribution < -0.4 is 20.9 Å². The first-order chi connectivity index (χ1) is 17.7. The van der Waals surface area contributed by atoms with Crippen LogP contribution in [0.15, 0.2) is 68.7 Å². The topological polar surface area (TPSA) is 127 Å². The molecule has 0 radical (unpaired) electrons. The van der Waals surface area contributed by atoms with Gasteiger partial charge in [0.2, 0.25) is 0 Å². The Morgan fingerprint density at radius 3 is 2.41 bits per heavy atom. The minimum absolute atomic E-state index is 0.0317. The van der Waals surface area contributed by atoms with Gasteiger partial charge in [0.25, 0.3) is 0 Å². The lowest BCUT2D eigenvalue weighted by atomic mass is 9.92. The molecule has 9 nitrogen and oxygen atoms in total. The quantitative estimate of drug-likeness (QED) is 0.302. The molecule has 0 spiro atoms. The van der Waals surface area contributed by atoms with Crippen LogP contribution in [0.3, 0.4) is 0 Å². The average Bonchev–Trinajstić information content (AvgIpc) is 3.20. The molecule has 0 amide bonds. The molecule has 37 heavy (non-hydrogen) atoms. The minimum Gasteiger partial charge on any atom is -0.491 e. The number of H-pyrrole nitrogens is 1. The van der Waals surface area contributed by atoms with E-state index in [0.29, 0.717) is 18.1 Å². The zero-order valence-electron chi connectivity index (χ0n) is 21.0. The van der Waals surface area contributed by atoms with E-state index in [9.17, 15) is 14.7 Å². The van der Waals surface area contributed by atoms with E-state index in [1.165, 1.54) is 0 Å². The molecular weight excluding hydrogens is 476 g/mol. The largest absolute Gasteiger partial charge is 0.491 e. The second kappa shape index (κ2) is 11.3. The molecule has 0 saturated carbocycles. The highest BCUT2D eigenvalue weighted by molar-refractivity contribution is 5.73. The molecule has 3 aromatic carbocycles. The van der Waals surface area contributed by atoms with Gasteiger partial charge in [-0.3, -0.25) is 0 Å². The Balaban J connectivity index is 1.46. The van der Waals surface area contributed by atoms with E-state index in [-0.39, 0.29) is 19.8 Å². The number of aliphatic hydroxyl groups excluding tert-OH is 2. The molecule has 4 aromatic rings. The van der Waals surface area contributed by atoms with Crippen LogP contribution in [0.2, 0.25) is 0 Å². The molecule has 0 bridgehead atoms. The van der Waals surface area contributed by atoms with Gasteiger partial charge in [-0.2, -0.15) is 0 Å². The summed E-state index contributed by atoms with van der Waals surface area (Å²) >= 11 is 0. The number of hydrogen-bond donors (Lipinski definition) is 3. The summed E-state index contributed by atoms with van der Waals surface area (Å²) in [5.74, 6) is 0.572. The number of aryl methyl sites for hydroxylation is 2. The van der Waals surface area contributed by atoms with Crippen LogP contribution in [0.25, 0.3) is 11.1 Å². The number of hydrogen-bond acceptors (Lipinski definition) is 7. The Kier molecular flexibility index (Phi) is 7.95. The summed E-state index contributed by atoms with van der Waals surface area (Å²) in [5, 5.41) is 18.6. The summed E-state index contributed by atoms with van der Waals surface area (Å²) in [6, 6.07) is 17.4. The van der Waals surface area contributed by atoms with E-state index in [4.69, 9.17) is 19.1 Å². The van der Waals surface area contributed by atoms with Crippen LogP contribution in [0.1, 0.15) is 27.8 Å². The van der Waals surface area contributed by atoms with Gasteiger partial charge in [-0.05, 0) is 84.0 Å². The van der Waals surface area contributed by atoms with Crippen LogP contribution in [0, 0.1) is 20.8 Å². The predicted molar refractivity (Wildman–Crippen MR) is 138 cm³/mol. The molecule has 0 fully saturated rings. The van der Waals surface area contributed by atoms with Crippen molar-refractivity contribution in [1.29, 1.82) is 0 Å². The Hall–Kier alpha value is -4.08. The molecule has 0 saturated heterocycles. The standard InChI is InChI=1S/C28H30N2O7/c1-17-12-26(36-16-22(32)14-31)18(2)11-25(17)24-6-4-5-21(19(24)3)15-35-23-9-7-20(8-10-23)13-30-27(33)29-28(34)37-30/h4-12,22,31-32H,13-16H2,1-3H3,(H,29,33,34)/t22-/m0/s1. The van der Waals surface area contributed by atoms with E-state index >= 15 is 0 Å². The van der Waals surface area contributed by atoms with Gasteiger partial charge in [-0.25, -0.2) is 14.6 Å². The molecule has 0 aliphatic rings. The Morgan fingerprint density at radius 2 is 1.73 bits per heavy atom. The third kappa shape index (κ3) is 6.19. The van der Waals surface area contributed by atoms with Gasteiger partial charge in [-0.1, -0.05) is 30.3 Å². The summed E-state index contributed by atoms with van der Waals surface area (Å²) in [4.78, 5) is 24.8. The smallest absolute Gasteiger partial charge is 0.440 e. The van der Waals surface area contributed by atoms with Crippen molar-refractivity contribution in [2.24, 2.45) is 0 Å². The number of aliphatic hydroxyl groups is 2. The molecule has 9 heteroatoms. The molecule has 3 N–H and O–H groups in total. The molecule has 0 unspecified atom stereocenters. The minimum atomic E-state index is -0.916. The first kappa shape index (κ1) is 26.0. The monoisotopic (exact) mass is 506 g/mol. The summed E-state index contributed by atoms with van der Waals surface area (Å²) in [6.45, 7) is 6.24. The molecule has 194 valence electrons. The third-order valence-electron chi connectivity index (χ3n) is 6.17. The zero-order valence-corrected chi connectivity index (χ0v) is 21.0. The van der Waals surface area contributed by atoms with Crippen LogP contribution in [0.5, 0.6) is 11.5 Å². The summed E-state index contributed by atoms with van der Waals surface area (Å²) in [6.07, 6.45) is -0.916. The number of aromatic nitrogens is 2. The van der Waals surface area contributed by atoms with E-state index < -0.39 is 17.5 Å². The van der Waals surface area contributed by atoms with Gasteiger partial charge in [0.1, 0.15) is 30.8 Å². The molecule has 1 heterocycles. The SMILES string of the molecule is Cc1cc(-c2cccc(COc3ccc(Cn4oc(=O)[nH]c4=O)cc3)c2C)c(C)cc1OC[C@@H](O)CO. The average molecular weight is 507 g/mol. The van der Waals surface area contributed by atoms with Gasteiger partial charge in [0, 0.05) is 0 Å². The molecule has 4 rings (SSSR count). The van der Waals surface area contributed by atoms with Crippen LogP contribution >= 0.6 is 0 Å². The second-order valence-electron chi connectivity index (χ2n) is 8.95. The van der Waals surface area contributed by atoms with Crippen molar-refractivity contribution < 1.29 is 24.2 Å². The third-order valence-corrected chi connectivity index (χ3v) is 6.17. The van der Waals surface area contributed by atoms with E-state index in [2.05, 4.69) is 24.0 Å². The van der Waals surface area contributed by atoms with E-state index in [0.717, 1.165) is 43.7 Å². The van der Waals surface area contributed by atoms with Crippen molar-refractivity contribution in [3.8, 4) is 22.6 Å². The summed E-state index contributed by atoms with van der Waals surface area (Å²) in [5.41, 5.74) is 6.51. The fourth-order valence-electron chi connectivity index (χ4n) is 4.04. The summed E-state index contributed by atoms with van der Waals surface area (Å²) in [7, 11) is 0. The van der Waals surface area contributed by atoms with Gasteiger partial charge < -0.3 is 24.2 Å². The van der Waals surface area contributed by atoms with Crippen molar-refractivity contribution >= 4 is 0 Å². The lowest BCUT2D eigenvalue weighted by Crippen LogP contribution is -2.21. The molecule has 0 aliphatic carbocycles. The number of nitrogens with one attached hydrogen (secondary N) is 1. The number of ether oxygens (including phenoxy) is 2. The zero-order chi connectivity index (χ0) is 26.5. The van der Waals surface area contributed by atoms with Gasteiger partial charge in [0.15, 0.2) is 0 Å². The number of aromatic amines is 1. The Morgan fingerprint density at radius 1 is 0.973 bits per heavy atom. The normalized spacial score (nSPS) is 11.9. The van der Waals surface area contributed by atoms with Gasteiger partial charge in [0.05, 0.1) is 13.2 Å². The molecular formula is C28H30N2O7. The maximum absolute atomic E-state index is 11.6. The van der Waals surface area contributed by atoms with Crippen molar-refractivity contribution in [3.05, 3.63) is 103 Å². The first-order valence-electron chi connectivity index (χ1n) is 11.9. The Bertz CT molecular complexity index is 1480. The van der Waals surface area contributed by atoms with Crippen LogP contribution in [0.4, 0.5) is 0 Å². The highest BCUT2D eigenvalue weighted by Gasteiger charge is 2.13. The fraction of sp³-hybridized carbons (Fsp3) is 0.286. The maximum Gasteiger partial charge on any atom is 0.440 e.